The lowest BCUT2D eigenvalue weighted by atomic mass is 10.1. The Hall–Kier alpha value is -1.15. The Balaban J connectivity index is 2.02. The molecule has 1 amide bonds. The molecule has 1 heterocycles. The summed E-state index contributed by atoms with van der Waals surface area (Å²) < 4.78 is 22.0. The van der Waals surface area contributed by atoms with Gasteiger partial charge in [0.05, 0.1) is 5.75 Å². The van der Waals surface area contributed by atoms with Gasteiger partial charge in [0.2, 0.25) is 15.9 Å². The highest BCUT2D eigenvalue weighted by Gasteiger charge is 2.41. The fourth-order valence-electron chi connectivity index (χ4n) is 2.58. The molecule has 0 spiro atoms. The van der Waals surface area contributed by atoms with Gasteiger partial charge in [-0.15, -0.1) is 0 Å². The molecule has 0 aromatic carbocycles. The van der Waals surface area contributed by atoms with E-state index in [9.17, 15) is 23.1 Å². The van der Waals surface area contributed by atoms with E-state index in [1.807, 2.05) is 0 Å². The van der Waals surface area contributed by atoms with Gasteiger partial charge >= 0.3 is 5.97 Å². The van der Waals surface area contributed by atoms with Crippen LogP contribution >= 0.6 is 0 Å². The Morgan fingerprint density at radius 3 is 2.53 bits per heavy atom. The van der Waals surface area contributed by atoms with E-state index in [1.54, 1.807) is 0 Å². The molecule has 19 heavy (non-hydrogen) atoms. The van der Waals surface area contributed by atoms with E-state index in [1.165, 1.54) is 4.90 Å². The van der Waals surface area contributed by atoms with Crippen molar-refractivity contribution in [2.75, 3.05) is 12.3 Å². The van der Waals surface area contributed by atoms with E-state index in [0.29, 0.717) is 12.3 Å². The Kier molecular flexibility index (Phi) is 3.82. The summed E-state index contributed by atoms with van der Waals surface area (Å²) in [6, 6.07) is -0.828. The highest BCUT2D eigenvalue weighted by molar-refractivity contribution is 7.89. The Morgan fingerprint density at radius 1 is 1.42 bits per heavy atom. The summed E-state index contributed by atoms with van der Waals surface area (Å²) in [4.78, 5) is 24.4. The molecule has 7 nitrogen and oxygen atoms in total. The van der Waals surface area contributed by atoms with Crippen LogP contribution in [0.5, 0.6) is 0 Å². The molecule has 3 N–H and O–H groups in total. The zero-order valence-electron chi connectivity index (χ0n) is 10.5. The molecule has 1 unspecified atom stereocenters. The van der Waals surface area contributed by atoms with Crippen LogP contribution in [0.1, 0.15) is 25.7 Å². The van der Waals surface area contributed by atoms with Crippen LogP contribution in [-0.4, -0.2) is 48.6 Å². The normalized spacial score (nSPS) is 25.6. The second-order valence-electron chi connectivity index (χ2n) is 5.48. The summed E-state index contributed by atoms with van der Waals surface area (Å²) in [6.45, 7) is 0.166. The summed E-state index contributed by atoms with van der Waals surface area (Å²) >= 11 is 0. The maximum Gasteiger partial charge on any atom is 0.326 e. The Labute approximate surface area is 111 Å². The number of likely N-dealkylation sites (tertiary alicyclic amines) is 1. The third-order valence-corrected chi connectivity index (χ3v) is 4.56. The Bertz CT molecular complexity index is 485. The van der Waals surface area contributed by atoms with Gasteiger partial charge in [-0.05, 0) is 12.3 Å². The zero-order chi connectivity index (χ0) is 14.2. The molecule has 0 aromatic heterocycles. The molecule has 2 aliphatic rings. The topological polar surface area (TPSA) is 118 Å². The largest absolute Gasteiger partial charge is 0.480 e. The summed E-state index contributed by atoms with van der Waals surface area (Å²) in [7, 11) is -3.64. The minimum Gasteiger partial charge on any atom is -0.480 e. The zero-order valence-corrected chi connectivity index (χ0v) is 11.3. The first-order valence-corrected chi connectivity index (χ1v) is 8.00. The number of aliphatic carboxylic acids is 1. The number of rotatable bonds is 6. The number of nitrogens with zero attached hydrogens (tertiary/aromatic N) is 1. The molecular weight excluding hydrogens is 272 g/mol. The molecule has 1 aliphatic carbocycles. The summed E-state index contributed by atoms with van der Waals surface area (Å²) in [5.41, 5.74) is 0. The van der Waals surface area contributed by atoms with E-state index in [0.717, 1.165) is 12.8 Å². The lowest BCUT2D eigenvalue weighted by molar-refractivity contribution is -0.148. The third kappa shape index (κ3) is 3.90. The van der Waals surface area contributed by atoms with Crippen molar-refractivity contribution < 1.29 is 23.1 Å². The van der Waals surface area contributed by atoms with Gasteiger partial charge in [-0.3, -0.25) is 4.79 Å². The number of carbonyl (C=O) groups excluding carboxylic acids is 1. The van der Waals surface area contributed by atoms with Crippen molar-refractivity contribution in [2.24, 2.45) is 17.0 Å². The van der Waals surface area contributed by atoms with Crippen LogP contribution in [0.4, 0.5) is 0 Å². The average Bonchev–Trinajstić information content (AvgIpc) is 2.98. The number of nitrogens with two attached hydrogens (primary N) is 1. The van der Waals surface area contributed by atoms with Crippen LogP contribution in [-0.2, 0) is 19.6 Å². The number of carbonyl (C=O) groups is 2. The van der Waals surface area contributed by atoms with Crippen molar-refractivity contribution in [1.82, 2.24) is 4.90 Å². The van der Waals surface area contributed by atoms with E-state index in [-0.39, 0.29) is 24.6 Å². The Morgan fingerprint density at radius 2 is 2.05 bits per heavy atom. The first kappa shape index (κ1) is 14.3. The lowest BCUT2D eigenvalue weighted by Gasteiger charge is -2.24. The quantitative estimate of drug-likeness (QED) is 0.675. The van der Waals surface area contributed by atoms with E-state index in [2.05, 4.69) is 0 Å². The van der Waals surface area contributed by atoms with Crippen LogP contribution in [0.25, 0.3) is 0 Å². The van der Waals surface area contributed by atoms with E-state index in [4.69, 9.17) is 5.14 Å². The molecular formula is C11H18N2O5S. The lowest BCUT2D eigenvalue weighted by Crippen LogP contribution is -2.42. The molecule has 108 valence electrons. The van der Waals surface area contributed by atoms with E-state index < -0.39 is 28.0 Å². The number of primary sulfonamides is 1. The molecule has 1 saturated heterocycles. The first-order chi connectivity index (χ1) is 8.76. The van der Waals surface area contributed by atoms with Crippen LogP contribution < -0.4 is 5.14 Å². The number of amides is 1. The summed E-state index contributed by atoms with van der Waals surface area (Å²) in [6.07, 6.45) is 2.53. The second-order valence-corrected chi connectivity index (χ2v) is 7.14. The van der Waals surface area contributed by atoms with Gasteiger partial charge < -0.3 is 10.0 Å². The van der Waals surface area contributed by atoms with Crippen molar-refractivity contribution in [3.05, 3.63) is 0 Å². The maximum atomic E-state index is 11.8. The third-order valence-electron chi connectivity index (χ3n) is 3.62. The van der Waals surface area contributed by atoms with E-state index >= 15 is 0 Å². The minimum absolute atomic E-state index is 0.0604. The van der Waals surface area contributed by atoms with Crippen molar-refractivity contribution in [1.29, 1.82) is 0 Å². The van der Waals surface area contributed by atoms with Crippen LogP contribution in [0.15, 0.2) is 0 Å². The monoisotopic (exact) mass is 290 g/mol. The van der Waals surface area contributed by atoms with Crippen LogP contribution in [0, 0.1) is 11.8 Å². The molecule has 8 heteroatoms. The van der Waals surface area contributed by atoms with Crippen LogP contribution in [0.3, 0.4) is 0 Å². The summed E-state index contributed by atoms with van der Waals surface area (Å²) in [5.74, 6) is -1.60. The number of hydrogen-bond donors (Lipinski definition) is 2. The highest BCUT2D eigenvalue weighted by Crippen LogP contribution is 2.36. The molecule has 0 radical (unpaired) electrons. The van der Waals surface area contributed by atoms with Crippen LogP contribution in [0.2, 0.25) is 0 Å². The number of carboxylic acid groups (broad SMARTS) is 1. The number of sulfonamides is 1. The molecule has 2 rings (SSSR count). The van der Waals surface area contributed by atoms with Crippen molar-refractivity contribution >= 4 is 21.9 Å². The fourth-order valence-corrected chi connectivity index (χ4v) is 3.46. The standard InChI is InChI=1S/C11H18N2O5S/c12-19(17,18)6-8-4-10(14)13(5-8)9(11(15)16)3-7-1-2-7/h7-9H,1-6H2,(H,15,16)(H2,12,17,18)/t8?,9-/m0/s1. The molecule has 1 saturated carbocycles. The van der Waals surface area contributed by atoms with Gasteiger partial charge in [-0.25, -0.2) is 18.4 Å². The predicted octanol–water partition coefficient (Wildman–Crippen LogP) is -0.623. The molecule has 2 fully saturated rings. The first-order valence-electron chi connectivity index (χ1n) is 6.29. The minimum atomic E-state index is -3.64. The van der Waals surface area contributed by atoms with Crippen molar-refractivity contribution in [3.63, 3.8) is 0 Å². The number of carboxylic acids is 1. The van der Waals surface area contributed by atoms with Gasteiger partial charge in [0.25, 0.3) is 0 Å². The van der Waals surface area contributed by atoms with Gasteiger partial charge in [0.15, 0.2) is 0 Å². The SMILES string of the molecule is NS(=O)(=O)CC1CC(=O)N([C@@H](CC2CC2)C(=O)O)C1. The average molecular weight is 290 g/mol. The maximum absolute atomic E-state index is 11.8. The van der Waals surface area contributed by atoms with Crippen molar-refractivity contribution in [3.8, 4) is 0 Å². The van der Waals surface area contributed by atoms with Gasteiger partial charge in [0, 0.05) is 18.9 Å². The smallest absolute Gasteiger partial charge is 0.326 e. The second kappa shape index (κ2) is 5.09. The van der Waals surface area contributed by atoms with Gasteiger partial charge in [-0.1, -0.05) is 12.8 Å². The molecule has 0 bridgehead atoms. The van der Waals surface area contributed by atoms with Crippen molar-refractivity contribution in [2.45, 2.75) is 31.7 Å². The molecule has 2 atom stereocenters. The van der Waals surface area contributed by atoms with Gasteiger partial charge in [0.1, 0.15) is 6.04 Å². The van der Waals surface area contributed by atoms with Gasteiger partial charge in [-0.2, -0.15) is 0 Å². The molecule has 0 aromatic rings. The molecule has 1 aliphatic heterocycles. The number of hydrogen-bond acceptors (Lipinski definition) is 4. The highest BCUT2D eigenvalue weighted by atomic mass is 32.2. The predicted molar refractivity (Wildman–Crippen MR) is 66.6 cm³/mol. The fraction of sp³-hybridized carbons (Fsp3) is 0.818. The summed E-state index contributed by atoms with van der Waals surface area (Å²) in [5, 5.41) is 14.2.